The van der Waals surface area contributed by atoms with Gasteiger partial charge in [0.1, 0.15) is 5.82 Å². The van der Waals surface area contributed by atoms with Gasteiger partial charge >= 0.3 is 0 Å². The SMILES string of the molecule is O=Cc1nnn(Cc2ccc(F)cc2)c1/C=C/c1ccccc1. The molecule has 4 nitrogen and oxygen atoms in total. The predicted molar refractivity (Wildman–Crippen MR) is 86.3 cm³/mol. The van der Waals surface area contributed by atoms with E-state index in [9.17, 15) is 9.18 Å². The molecule has 3 rings (SSSR count). The van der Waals surface area contributed by atoms with E-state index in [-0.39, 0.29) is 11.5 Å². The second-order valence-electron chi connectivity index (χ2n) is 5.01. The predicted octanol–water partition coefficient (Wildman–Crippen LogP) is 3.45. The highest BCUT2D eigenvalue weighted by atomic mass is 19.1. The van der Waals surface area contributed by atoms with Gasteiger partial charge in [-0.25, -0.2) is 9.07 Å². The average Bonchev–Trinajstić information content (AvgIpc) is 2.98. The fourth-order valence-corrected chi connectivity index (χ4v) is 2.21. The maximum Gasteiger partial charge on any atom is 0.172 e. The van der Waals surface area contributed by atoms with Crippen molar-refractivity contribution in [2.24, 2.45) is 0 Å². The molecule has 0 atom stereocenters. The van der Waals surface area contributed by atoms with Crippen molar-refractivity contribution in [1.82, 2.24) is 15.0 Å². The van der Waals surface area contributed by atoms with E-state index in [1.165, 1.54) is 12.1 Å². The minimum absolute atomic E-state index is 0.277. The number of rotatable bonds is 5. The van der Waals surface area contributed by atoms with Gasteiger partial charge in [-0.1, -0.05) is 53.8 Å². The lowest BCUT2D eigenvalue weighted by Crippen LogP contribution is -2.04. The normalized spacial score (nSPS) is 11.0. The van der Waals surface area contributed by atoms with Crippen molar-refractivity contribution in [1.29, 1.82) is 0 Å². The summed E-state index contributed by atoms with van der Waals surface area (Å²) < 4.78 is 14.6. The molecule has 0 aliphatic rings. The van der Waals surface area contributed by atoms with Crippen molar-refractivity contribution in [3.8, 4) is 0 Å². The van der Waals surface area contributed by atoms with Crippen molar-refractivity contribution in [2.75, 3.05) is 0 Å². The highest BCUT2D eigenvalue weighted by Gasteiger charge is 2.10. The van der Waals surface area contributed by atoms with Gasteiger partial charge in [0.25, 0.3) is 0 Å². The lowest BCUT2D eigenvalue weighted by Gasteiger charge is -2.04. The van der Waals surface area contributed by atoms with Crippen LogP contribution in [0, 0.1) is 5.82 Å². The van der Waals surface area contributed by atoms with Crippen LogP contribution >= 0.6 is 0 Å². The molecule has 2 aromatic carbocycles. The molecule has 0 radical (unpaired) electrons. The standard InChI is InChI=1S/C18H14FN3O/c19-16-9-6-15(7-10-16)12-22-18(17(13-23)20-21-22)11-8-14-4-2-1-3-5-14/h1-11,13H,12H2/b11-8+. The Morgan fingerprint density at radius 3 is 2.43 bits per heavy atom. The Morgan fingerprint density at radius 1 is 1.00 bits per heavy atom. The topological polar surface area (TPSA) is 47.8 Å². The molecule has 0 aliphatic heterocycles. The van der Waals surface area contributed by atoms with Gasteiger partial charge in [0.15, 0.2) is 12.0 Å². The number of nitrogens with zero attached hydrogens (tertiary/aromatic N) is 3. The molecule has 1 aromatic heterocycles. The first-order valence-corrected chi connectivity index (χ1v) is 7.12. The molecule has 3 aromatic rings. The molecule has 1 heterocycles. The summed E-state index contributed by atoms with van der Waals surface area (Å²) in [5.41, 5.74) is 2.79. The Labute approximate surface area is 132 Å². The first-order chi connectivity index (χ1) is 11.3. The van der Waals surface area contributed by atoms with E-state index < -0.39 is 0 Å². The van der Waals surface area contributed by atoms with Crippen LogP contribution in [0.3, 0.4) is 0 Å². The van der Waals surface area contributed by atoms with Crippen LogP contribution in [0.2, 0.25) is 0 Å². The van der Waals surface area contributed by atoms with Crippen LogP contribution in [0.25, 0.3) is 12.2 Å². The molecule has 114 valence electrons. The van der Waals surface area contributed by atoms with Crippen molar-refractivity contribution in [3.63, 3.8) is 0 Å². The summed E-state index contributed by atoms with van der Waals surface area (Å²) in [6.45, 7) is 0.412. The Kier molecular flexibility index (Phi) is 4.38. The van der Waals surface area contributed by atoms with Crippen LogP contribution < -0.4 is 0 Å². The van der Waals surface area contributed by atoms with Gasteiger partial charge in [0, 0.05) is 0 Å². The molecule has 5 heteroatoms. The summed E-state index contributed by atoms with van der Waals surface area (Å²) in [4.78, 5) is 11.1. The molecule has 0 amide bonds. The van der Waals surface area contributed by atoms with Gasteiger partial charge in [0.05, 0.1) is 12.2 Å². The third-order valence-corrected chi connectivity index (χ3v) is 3.39. The molecule has 0 N–H and O–H groups in total. The molecular formula is C18H14FN3O. The van der Waals surface area contributed by atoms with E-state index in [0.29, 0.717) is 18.5 Å². The van der Waals surface area contributed by atoms with E-state index in [1.807, 2.05) is 42.5 Å². The van der Waals surface area contributed by atoms with Crippen LogP contribution in [0.1, 0.15) is 27.3 Å². The van der Waals surface area contributed by atoms with Crippen molar-refractivity contribution >= 4 is 18.4 Å². The zero-order valence-corrected chi connectivity index (χ0v) is 12.3. The van der Waals surface area contributed by atoms with E-state index in [0.717, 1.165) is 11.1 Å². The number of hydrogen-bond donors (Lipinski definition) is 0. The number of halogens is 1. The lowest BCUT2D eigenvalue weighted by molar-refractivity contribution is 0.111. The number of hydrogen-bond acceptors (Lipinski definition) is 3. The zero-order chi connectivity index (χ0) is 16.1. The fraction of sp³-hybridized carbons (Fsp3) is 0.0556. The van der Waals surface area contributed by atoms with Crippen LogP contribution in [0.4, 0.5) is 4.39 Å². The molecule has 0 unspecified atom stereocenters. The Balaban J connectivity index is 1.89. The van der Waals surface area contributed by atoms with Gasteiger partial charge in [-0.3, -0.25) is 4.79 Å². The smallest absolute Gasteiger partial charge is 0.172 e. The third kappa shape index (κ3) is 3.58. The minimum Gasteiger partial charge on any atom is -0.296 e. The molecule has 0 aliphatic carbocycles. The molecule has 0 fully saturated rings. The highest BCUT2D eigenvalue weighted by molar-refractivity contribution is 5.81. The maximum absolute atomic E-state index is 13.0. The van der Waals surface area contributed by atoms with E-state index in [4.69, 9.17) is 0 Å². The number of benzene rings is 2. The van der Waals surface area contributed by atoms with Crippen LogP contribution in [0.15, 0.2) is 54.6 Å². The number of carbonyl (C=O) groups is 1. The van der Waals surface area contributed by atoms with Gasteiger partial charge in [0.2, 0.25) is 0 Å². The number of aromatic nitrogens is 3. The first-order valence-electron chi connectivity index (χ1n) is 7.12. The summed E-state index contributed by atoms with van der Waals surface area (Å²) in [6, 6.07) is 15.9. The summed E-state index contributed by atoms with van der Waals surface area (Å²) in [5.74, 6) is -0.287. The second kappa shape index (κ2) is 6.79. The summed E-state index contributed by atoms with van der Waals surface area (Å²) in [6.07, 6.45) is 4.38. The van der Waals surface area contributed by atoms with Crippen LogP contribution in [-0.4, -0.2) is 21.3 Å². The molecular weight excluding hydrogens is 293 g/mol. The highest BCUT2D eigenvalue weighted by Crippen LogP contribution is 2.13. The monoisotopic (exact) mass is 307 g/mol. The average molecular weight is 307 g/mol. The largest absolute Gasteiger partial charge is 0.296 e. The van der Waals surface area contributed by atoms with Gasteiger partial charge in [-0.2, -0.15) is 0 Å². The number of aldehydes is 1. The summed E-state index contributed by atoms with van der Waals surface area (Å²) >= 11 is 0. The Morgan fingerprint density at radius 2 is 1.74 bits per heavy atom. The molecule has 0 spiro atoms. The van der Waals surface area contributed by atoms with Gasteiger partial charge < -0.3 is 0 Å². The molecule has 23 heavy (non-hydrogen) atoms. The fourth-order valence-electron chi connectivity index (χ4n) is 2.21. The third-order valence-electron chi connectivity index (χ3n) is 3.39. The Bertz CT molecular complexity index is 823. The van der Waals surface area contributed by atoms with Crippen molar-refractivity contribution in [3.05, 3.63) is 82.9 Å². The molecule has 0 saturated carbocycles. The van der Waals surface area contributed by atoms with E-state index in [1.54, 1.807) is 16.8 Å². The van der Waals surface area contributed by atoms with Crippen molar-refractivity contribution in [2.45, 2.75) is 6.54 Å². The quantitative estimate of drug-likeness (QED) is 0.678. The van der Waals surface area contributed by atoms with E-state index in [2.05, 4.69) is 10.3 Å². The molecule has 0 bridgehead atoms. The molecule has 0 saturated heterocycles. The van der Waals surface area contributed by atoms with Crippen LogP contribution in [0.5, 0.6) is 0 Å². The Hall–Kier alpha value is -3.08. The lowest BCUT2D eigenvalue weighted by atomic mass is 10.2. The summed E-state index contributed by atoms with van der Waals surface area (Å²) in [5, 5.41) is 7.89. The summed E-state index contributed by atoms with van der Waals surface area (Å²) in [7, 11) is 0. The van der Waals surface area contributed by atoms with Crippen LogP contribution in [-0.2, 0) is 6.54 Å². The number of carbonyl (C=O) groups excluding carboxylic acids is 1. The second-order valence-corrected chi connectivity index (χ2v) is 5.01. The van der Waals surface area contributed by atoms with Gasteiger partial charge in [-0.05, 0) is 29.3 Å². The van der Waals surface area contributed by atoms with Crippen molar-refractivity contribution < 1.29 is 9.18 Å². The maximum atomic E-state index is 13.0. The minimum atomic E-state index is -0.287. The van der Waals surface area contributed by atoms with Gasteiger partial charge in [-0.15, -0.1) is 5.10 Å². The first kappa shape index (κ1) is 14.8. The zero-order valence-electron chi connectivity index (χ0n) is 12.3. The van der Waals surface area contributed by atoms with E-state index >= 15 is 0 Å².